The molecule has 0 aromatic carbocycles. The first-order valence-corrected chi connectivity index (χ1v) is 9.57. The van der Waals surface area contributed by atoms with E-state index >= 15 is 0 Å². The molecule has 0 amide bonds. The van der Waals surface area contributed by atoms with Gasteiger partial charge in [0.15, 0.2) is 6.35 Å². The lowest BCUT2D eigenvalue weighted by Crippen LogP contribution is -2.60. The number of hydrogen-bond acceptors (Lipinski definition) is 5. The molecule has 0 spiro atoms. The van der Waals surface area contributed by atoms with Crippen molar-refractivity contribution in [2.24, 2.45) is 11.8 Å². The van der Waals surface area contributed by atoms with Crippen molar-refractivity contribution in [2.45, 2.75) is 57.9 Å². The summed E-state index contributed by atoms with van der Waals surface area (Å²) in [5.74, 6) is 0.161. The summed E-state index contributed by atoms with van der Waals surface area (Å²) in [5.41, 5.74) is 0. The number of alkyl halides is 1. The van der Waals surface area contributed by atoms with Gasteiger partial charge in [-0.1, -0.05) is 0 Å². The van der Waals surface area contributed by atoms with Crippen LogP contribution in [0.15, 0.2) is 0 Å². The zero-order valence-corrected chi connectivity index (χ0v) is 14.8. The smallest absolute Gasteiger partial charge is 0.308 e. The molecule has 1 unspecified atom stereocenters. The number of likely N-dealkylation sites (tertiary alicyclic amines) is 2. The molecule has 6 heteroatoms. The van der Waals surface area contributed by atoms with Gasteiger partial charge in [-0.2, -0.15) is 0 Å². The third kappa shape index (κ3) is 4.27. The van der Waals surface area contributed by atoms with Gasteiger partial charge in [0, 0.05) is 32.1 Å². The van der Waals surface area contributed by atoms with Gasteiger partial charge in [-0.3, -0.25) is 19.0 Å². The van der Waals surface area contributed by atoms with Crippen LogP contribution in [0.25, 0.3) is 0 Å². The van der Waals surface area contributed by atoms with Crippen LogP contribution < -0.4 is 0 Å². The van der Waals surface area contributed by atoms with Crippen molar-refractivity contribution in [3.8, 4) is 0 Å². The van der Waals surface area contributed by atoms with Crippen LogP contribution in [0.4, 0.5) is 4.39 Å². The van der Waals surface area contributed by atoms with Gasteiger partial charge in [0.25, 0.3) is 0 Å². The molecule has 0 aromatic rings. The Labute approximate surface area is 144 Å². The SMILES string of the molecule is CCOC(=O)[C@H]1CC[C@H](OC(N2CCCC2)N2CC(CF)C2)CC1. The van der Waals surface area contributed by atoms with Crippen molar-refractivity contribution in [3.63, 3.8) is 0 Å². The van der Waals surface area contributed by atoms with Crippen LogP contribution in [-0.4, -0.2) is 67.7 Å². The van der Waals surface area contributed by atoms with E-state index in [1.54, 1.807) is 0 Å². The molecular weight excluding hydrogens is 311 g/mol. The standard InChI is InChI=1S/C18H31FN2O3/c1-2-23-17(22)15-5-7-16(8-6-15)24-18(20-9-3-4-10-20)21-12-14(11-19)13-21/h14-16,18H,2-13H2,1H3/t15-,16-,18?. The summed E-state index contributed by atoms with van der Waals surface area (Å²) in [6.07, 6.45) is 6.16. The van der Waals surface area contributed by atoms with Crippen LogP contribution in [0, 0.1) is 11.8 Å². The van der Waals surface area contributed by atoms with Crippen LogP contribution in [0.1, 0.15) is 45.4 Å². The minimum atomic E-state index is -0.228. The number of carbonyl (C=O) groups excluding carboxylic acids is 1. The van der Waals surface area contributed by atoms with E-state index < -0.39 is 0 Å². The molecule has 0 bridgehead atoms. The largest absolute Gasteiger partial charge is 0.466 e. The molecule has 3 rings (SSSR count). The molecule has 2 heterocycles. The second-order valence-electron chi connectivity index (χ2n) is 7.41. The van der Waals surface area contributed by atoms with E-state index in [1.165, 1.54) is 12.8 Å². The summed E-state index contributed by atoms with van der Waals surface area (Å²) >= 11 is 0. The molecule has 0 aromatic heterocycles. The predicted octanol–water partition coefficient (Wildman–Crippen LogP) is 2.41. The summed E-state index contributed by atoms with van der Waals surface area (Å²) in [6, 6.07) is 0. The Morgan fingerprint density at radius 1 is 1.12 bits per heavy atom. The second-order valence-corrected chi connectivity index (χ2v) is 7.41. The summed E-state index contributed by atoms with van der Waals surface area (Å²) < 4.78 is 24.3. The van der Waals surface area contributed by atoms with E-state index in [2.05, 4.69) is 9.80 Å². The summed E-state index contributed by atoms with van der Waals surface area (Å²) in [5, 5.41) is 0. The summed E-state index contributed by atoms with van der Waals surface area (Å²) in [7, 11) is 0. The molecule has 0 N–H and O–H groups in total. The van der Waals surface area contributed by atoms with Crippen molar-refractivity contribution < 1.29 is 18.7 Å². The quantitative estimate of drug-likeness (QED) is 0.665. The van der Waals surface area contributed by atoms with Crippen molar-refractivity contribution in [3.05, 3.63) is 0 Å². The van der Waals surface area contributed by atoms with E-state index in [0.29, 0.717) is 6.61 Å². The molecule has 2 aliphatic heterocycles. The third-order valence-corrected chi connectivity index (χ3v) is 5.58. The van der Waals surface area contributed by atoms with Crippen LogP contribution in [0.5, 0.6) is 0 Å². The fraction of sp³-hybridized carbons (Fsp3) is 0.944. The van der Waals surface area contributed by atoms with Crippen LogP contribution in [0.2, 0.25) is 0 Å². The van der Waals surface area contributed by atoms with Crippen molar-refractivity contribution >= 4 is 5.97 Å². The van der Waals surface area contributed by atoms with Gasteiger partial charge >= 0.3 is 5.97 Å². The minimum Gasteiger partial charge on any atom is -0.466 e. The Hall–Kier alpha value is -0.720. The Morgan fingerprint density at radius 3 is 2.38 bits per heavy atom. The Morgan fingerprint density at radius 2 is 1.79 bits per heavy atom. The average molecular weight is 342 g/mol. The molecule has 1 saturated carbocycles. The Bertz CT molecular complexity index is 403. The van der Waals surface area contributed by atoms with Crippen molar-refractivity contribution in [1.29, 1.82) is 0 Å². The molecule has 2 saturated heterocycles. The maximum atomic E-state index is 12.8. The van der Waals surface area contributed by atoms with Gasteiger partial charge in [-0.05, 0) is 45.4 Å². The molecule has 3 aliphatic rings. The molecule has 0 radical (unpaired) electrons. The zero-order chi connectivity index (χ0) is 16.9. The number of carbonyl (C=O) groups is 1. The summed E-state index contributed by atoms with van der Waals surface area (Å²) in [6.45, 7) is 5.82. The fourth-order valence-corrected chi connectivity index (χ4v) is 4.12. The van der Waals surface area contributed by atoms with Crippen LogP contribution in [0.3, 0.4) is 0 Å². The van der Waals surface area contributed by atoms with E-state index in [4.69, 9.17) is 9.47 Å². The number of halogens is 1. The number of rotatable bonds is 7. The van der Waals surface area contributed by atoms with E-state index in [9.17, 15) is 9.18 Å². The van der Waals surface area contributed by atoms with Gasteiger partial charge in [0.05, 0.1) is 25.3 Å². The number of hydrogen-bond donors (Lipinski definition) is 0. The maximum absolute atomic E-state index is 12.8. The van der Waals surface area contributed by atoms with Crippen LogP contribution >= 0.6 is 0 Å². The molecule has 24 heavy (non-hydrogen) atoms. The molecule has 3 fully saturated rings. The Kier molecular flexibility index (Phi) is 6.47. The maximum Gasteiger partial charge on any atom is 0.308 e. The van der Waals surface area contributed by atoms with Crippen LogP contribution in [-0.2, 0) is 14.3 Å². The normalized spacial score (nSPS) is 30.9. The monoisotopic (exact) mass is 342 g/mol. The first kappa shape index (κ1) is 18.1. The number of ether oxygens (including phenoxy) is 2. The highest BCUT2D eigenvalue weighted by Crippen LogP contribution is 2.31. The van der Waals surface area contributed by atoms with E-state index in [-0.39, 0.29) is 36.9 Å². The molecule has 1 aliphatic carbocycles. The van der Waals surface area contributed by atoms with Gasteiger partial charge in [-0.25, -0.2) is 0 Å². The van der Waals surface area contributed by atoms with Gasteiger partial charge in [0.2, 0.25) is 0 Å². The first-order chi connectivity index (χ1) is 11.7. The van der Waals surface area contributed by atoms with Crippen molar-refractivity contribution in [2.75, 3.05) is 39.5 Å². The molecule has 138 valence electrons. The molecule has 1 atom stereocenters. The first-order valence-electron chi connectivity index (χ1n) is 9.57. The number of nitrogens with zero attached hydrogens (tertiary/aromatic N) is 2. The van der Waals surface area contributed by atoms with Gasteiger partial charge < -0.3 is 9.47 Å². The van der Waals surface area contributed by atoms with E-state index in [0.717, 1.165) is 51.9 Å². The Balaban J connectivity index is 1.49. The van der Waals surface area contributed by atoms with Crippen molar-refractivity contribution in [1.82, 2.24) is 9.80 Å². The fourth-order valence-electron chi connectivity index (χ4n) is 4.12. The highest BCUT2D eigenvalue weighted by molar-refractivity contribution is 5.72. The number of esters is 1. The summed E-state index contributed by atoms with van der Waals surface area (Å²) in [4.78, 5) is 16.5. The van der Waals surface area contributed by atoms with E-state index in [1.807, 2.05) is 6.92 Å². The zero-order valence-electron chi connectivity index (χ0n) is 14.8. The second kappa shape index (κ2) is 8.59. The molecular formula is C18H31FN2O3. The molecule has 5 nitrogen and oxygen atoms in total. The highest BCUT2D eigenvalue weighted by Gasteiger charge is 2.39. The van der Waals surface area contributed by atoms with Gasteiger partial charge in [0.1, 0.15) is 0 Å². The average Bonchev–Trinajstić information content (AvgIpc) is 3.08. The lowest BCUT2D eigenvalue weighted by atomic mass is 9.87. The predicted molar refractivity (Wildman–Crippen MR) is 89.1 cm³/mol. The highest BCUT2D eigenvalue weighted by atomic mass is 19.1. The minimum absolute atomic E-state index is 0.000515. The lowest BCUT2D eigenvalue weighted by molar-refractivity contribution is -0.211. The topological polar surface area (TPSA) is 42.0 Å². The lowest BCUT2D eigenvalue weighted by Gasteiger charge is -2.47. The van der Waals surface area contributed by atoms with Gasteiger partial charge in [-0.15, -0.1) is 0 Å². The third-order valence-electron chi connectivity index (χ3n) is 5.58.